The molecule has 0 fully saturated rings. The zero-order valence-corrected chi connectivity index (χ0v) is 10.7. The largest absolute Gasteiger partial charge is 0.467 e. The molecule has 96 valence electrons. The number of anilines is 2. The van der Waals surface area contributed by atoms with E-state index in [-0.39, 0.29) is 10.9 Å². The number of methoxy groups -OCH3 is 1. The fourth-order valence-corrected chi connectivity index (χ4v) is 1.80. The highest BCUT2D eigenvalue weighted by atomic mass is 32.1. The molecule has 2 heterocycles. The number of nitrogens with one attached hydrogen (secondary N) is 3. The molecule has 0 aliphatic heterocycles. The Morgan fingerprint density at radius 1 is 1.39 bits per heavy atom. The Kier molecular flexibility index (Phi) is 3.72. The van der Waals surface area contributed by atoms with Crippen molar-refractivity contribution < 1.29 is 4.74 Å². The fraction of sp³-hybridized carbons (Fsp3) is 0.333. The van der Waals surface area contributed by atoms with Crippen LogP contribution in [-0.4, -0.2) is 34.1 Å². The van der Waals surface area contributed by atoms with Gasteiger partial charge in [-0.25, -0.2) is 0 Å². The maximum Gasteiger partial charge on any atom is 0.322 e. The summed E-state index contributed by atoms with van der Waals surface area (Å²) in [6.45, 7) is 0.426. The van der Waals surface area contributed by atoms with Crippen molar-refractivity contribution in [1.29, 1.82) is 0 Å². The van der Waals surface area contributed by atoms with Gasteiger partial charge < -0.3 is 20.4 Å². The molecule has 0 saturated heterocycles. The third kappa shape index (κ3) is 2.94. The first-order chi connectivity index (χ1) is 8.71. The summed E-state index contributed by atoms with van der Waals surface area (Å²) in [4.78, 5) is 25.7. The van der Waals surface area contributed by atoms with Crippen LogP contribution in [-0.2, 0) is 6.54 Å². The zero-order valence-electron chi connectivity index (χ0n) is 9.85. The molecule has 2 rings (SSSR count). The number of rotatable bonds is 5. The fourth-order valence-electron chi connectivity index (χ4n) is 1.21. The quantitative estimate of drug-likeness (QED) is 0.715. The third-order valence-corrected chi connectivity index (χ3v) is 2.75. The molecular formula is C9H12N6O2S. The summed E-state index contributed by atoms with van der Waals surface area (Å²) in [6, 6.07) is 0.218. The van der Waals surface area contributed by atoms with Crippen LogP contribution >= 0.6 is 11.3 Å². The van der Waals surface area contributed by atoms with Crippen LogP contribution in [0.4, 0.5) is 11.9 Å². The van der Waals surface area contributed by atoms with Gasteiger partial charge in [0.25, 0.3) is 0 Å². The normalized spacial score (nSPS) is 10.1. The molecule has 0 saturated carbocycles. The second kappa shape index (κ2) is 5.45. The lowest BCUT2D eigenvalue weighted by Crippen LogP contribution is -2.09. The maximum atomic E-state index is 11.0. The summed E-state index contributed by atoms with van der Waals surface area (Å²) in [5.74, 6) is 0.779. The number of aromatic amines is 1. The molecule has 9 heteroatoms. The molecular weight excluding hydrogens is 256 g/mol. The Bertz CT molecular complexity index is 558. The number of ether oxygens (including phenoxy) is 1. The minimum absolute atomic E-state index is 0.0871. The summed E-state index contributed by atoms with van der Waals surface area (Å²) < 4.78 is 4.96. The van der Waals surface area contributed by atoms with Crippen molar-refractivity contribution in [3.63, 3.8) is 0 Å². The molecule has 3 N–H and O–H groups in total. The van der Waals surface area contributed by atoms with Crippen molar-refractivity contribution in [2.75, 3.05) is 24.8 Å². The summed E-state index contributed by atoms with van der Waals surface area (Å²) in [6.07, 6.45) is 0. The molecule has 0 radical (unpaired) electrons. The van der Waals surface area contributed by atoms with Gasteiger partial charge in [-0.05, 0) is 0 Å². The lowest BCUT2D eigenvalue weighted by molar-refractivity contribution is 0.379. The third-order valence-electron chi connectivity index (χ3n) is 2.03. The predicted molar refractivity (Wildman–Crippen MR) is 68.2 cm³/mol. The van der Waals surface area contributed by atoms with Crippen LogP contribution in [0, 0.1) is 0 Å². The number of thiazole rings is 1. The molecule has 0 spiro atoms. The second-order valence-corrected chi connectivity index (χ2v) is 4.09. The van der Waals surface area contributed by atoms with E-state index in [1.165, 1.54) is 7.11 Å². The molecule has 0 aliphatic carbocycles. The van der Waals surface area contributed by atoms with Gasteiger partial charge >= 0.3 is 10.9 Å². The van der Waals surface area contributed by atoms with Gasteiger partial charge in [-0.15, -0.1) is 0 Å². The van der Waals surface area contributed by atoms with Crippen LogP contribution in [0.5, 0.6) is 6.01 Å². The lowest BCUT2D eigenvalue weighted by atomic mass is 10.5. The monoisotopic (exact) mass is 268 g/mol. The number of aromatic nitrogens is 4. The van der Waals surface area contributed by atoms with E-state index in [1.807, 2.05) is 0 Å². The second-order valence-electron chi connectivity index (χ2n) is 3.25. The summed E-state index contributed by atoms with van der Waals surface area (Å²) in [5.41, 5.74) is 0.774. The van der Waals surface area contributed by atoms with E-state index in [2.05, 4.69) is 30.6 Å². The predicted octanol–water partition coefficient (Wildman–Crippen LogP) is 0.284. The van der Waals surface area contributed by atoms with E-state index < -0.39 is 0 Å². The zero-order chi connectivity index (χ0) is 13.0. The van der Waals surface area contributed by atoms with Gasteiger partial charge in [0.15, 0.2) is 0 Å². The molecule has 2 aromatic heterocycles. The first-order valence-electron chi connectivity index (χ1n) is 5.09. The molecule has 0 bridgehead atoms. The molecule has 0 unspecified atom stereocenters. The summed E-state index contributed by atoms with van der Waals surface area (Å²) in [7, 11) is 3.18. The Balaban J connectivity index is 2.10. The first-order valence-corrected chi connectivity index (χ1v) is 5.97. The number of hydrogen-bond donors (Lipinski definition) is 3. The van der Waals surface area contributed by atoms with Crippen molar-refractivity contribution in [2.24, 2.45) is 0 Å². The molecule has 0 aromatic carbocycles. The average Bonchev–Trinajstić information content (AvgIpc) is 2.81. The average molecular weight is 268 g/mol. The van der Waals surface area contributed by atoms with Gasteiger partial charge in [-0.1, -0.05) is 11.3 Å². The van der Waals surface area contributed by atoms with Crippen molar-refractivity contribution in [3.05, 3.63) is 20.7 Å². The smallest absolute Gasteiger partial charge is 0.322 e. The summed E-state index contributed by atoms with van der Waals surface area (Å²) in [5, 5.41) is 7.53. The van der Waals surface area contributed by atoms with E-state index in [4.69, 9.17) is 4.74 Å². The van der Waals surface area contributed by atoms with Crippen molar-refractivity contribution >= 4 is 23.2 Å². The number of hydrogen-bond acceptors (Lipinski definition) is 8. The van der Waals surface area contributed by atoms with E-state index in [9.17, 15) is 4.79 Å². The standard InChI is InChI=1S/C9H12N6O2S/c1-10-6-13-7(15-8(14-6)17-2)11-3-5-4-18-9(16)12-5/h4H,3H2,1-2H3,(H,12,16)(H2,10,11,13,14,15). The van der Waals surface area contributed by atoms with Crippen molar-refractivity contribution in [1.82, 2.24) is 19.9 Å². The van der Waals surface area contributed by atoms with Crippen molar-refractivity contribution in [2.45, 2.75) is 6.54 Å². The molecule has 2 aromatic rings. The Morgan fingerprint density at radius 2 is 2.17 bits per heavy atom. The Hall–Kier alpha value is -2.16. The van der Waals surface area contributed by atoms with Gasteiger partial charge in [0.2, 0.25) is 11.9 Å². The Labute approximate surface area is 106 Å². The highest BCUT2D eigenvalue weighted by Crippen LogP contribution is 2.10. The Morgan fingerprint density at radius 3 is 2.78 bits per heavy atom. The number of nitrogens with zero attached hydrogens (tertiary/aromatic N) is 3. The minimum atomic E-state index is -0.0871. The maximum absolute atomic E-state index is 11.0. The van der Waals surface area contributed by atoms with Gasteiger partial charge in [-0.3, -0.25) is 4.79 Å². The highest BCUT2D eigenvalue weighted by Gasteiger charge is 2.05. The van der Waals surface area contributed by atoms with Crippen LogP contribution in [0.1, 0.15) is 5.69 Å². The van der Waals surface area contributed by atoms with Crippen molar-refractivity contribution in [3.8, 4) is 6.01 Å². The van der Waals surface area contributed by atoms with Gasteiger partial charge in [-0.2, -0.15) is 15.0 Å². The van der Waals surface area contributed by atoms with Crippen LogP contribution < -0.4 is 20.2 Å². The van der Waals surface area contributed by atoms with Gasteiger partial charge in [0.1, 0.15) is 0 Å². The summed E-state index contributed by atoms with van der Waals surface area (Å²) >= 11 is 1.11. The van der Waals surface area contributed by atoms with E-state index in [0.717, 1.165) is 17.0 Å². The molecule has 0 atom stereocenters. The van der Waals surface area contributed by atoms with E-state index in [1.54, 1.807) is 12.4 Å². The molecule has 0 aliphatic rings. The molecule has 18 heavy (non-hydrogen) atoms. The van der Waals surface area contributed by atoms with E-state index >= 15 is 0 Å². The minimum Gasteiger partial charge on any atom is -0.467 e. The first kappa shape index (κ1) is 12.3. The molecule has 8 nitrogen and oxygen atoms in total. The van der Waals surface area contributed by atoms with Gasteiger partial charge in [0.05, 0.1) is 13.7 Å². The van der Waals surface area contributed by atoms with E-state index in [0.29, 0.717) is 18.4 Å². The van der Waals surface area contributed by atoms with Crippen LogP contribution in [0.3, 0.4) is 0 Å². The number of H-pyrrole nitrogens is 1. The van der Waals surface area contributed by atoms with Crippen LogP contribution in [0.15, 0.2) is 10.2 Å². The topological polar surface area (TPSA) is 105 Å². The lowest BCUT2D eigenvalue weighted by Gasteiger charge is -2.06. The SMILES string of the molecule is CNc1nc(NCc2csc(=O)[nH]2)nc(OC)n1. The highest BCUT2D eigenvalue weighted by molar-refractivity contribution is 7.07. The van der Waals surface area contributed by atoms with Crippen LogP contribution in [0.25, 0.3) is 0 Å². The molecule has 0 amide bonds. The van der Waals surface area contributed by atoms with Gasteiger partial charge in [0, 0.05) is 18.1 Å². The van der Waals surface area contributed by atoms with Crippen LogP contribution in [0.2, 0.25) is 0 Å².